The van der Waals surface area contributed by atoms with Crippen molar-refractivity contribution in [2.24, 2.45) is 0 Å². The number of carbonyl (C=O) groups excluding carboxylic acids is 1. The molecule has 0 saturated carbocycles. The molecule has 0 aliphatic heterocycles. The van der Waals surface area contributed by atoms with Crippen molar-refractivity contribution in [3.05, 3.63) is 52.2 Å². The topological polar surface area (TPSA) is 113 Å². The average Bonchev–Trinajstić information content (AvgIpc) is 3.13. The van der Waals surface area contributed by atoms with E-state index in [2.05, 4.69) is 10.0 Å². The molecule has 0 aliphatic rings. The van der Waals surface area contributed by atoms with Gasteiger partial charge in [0.25, 0.3) is 5.91 Å². The maximum Gasteiger partial charge on any atom is 0.303 e. The molecule has 3 N–H and O–H groups in total. The lowest BCUT2D eigenvalue weighted by atomic mass is 10.2. The number of sulfonamides is 1. The summed E-state index contributed by atoms with van der Waals surface area (Å²) in [6.07, 6.45) is 1.06. The number of hydrogen-bond acceptors (Lipinski definition) is 5. The number of hydrogen-bond donors (Lipinski definition) is 3. The first-order valence-corrected chi connectivity index (χ1v) is 10.4. The third kappa shape index (κ3) is 6.25. The van der Waals surface area contributed by atoms with E-state index >= 15 is 0 Å². The van der Waals surface area contributed by atoms with Crippen molar-refractivity contribution in [2.45, 2.75) is 30.7 Å². The molecule has 1 amide bonds. The molecule has 0 radical (unpaired) electrons. The molecule has 1 aromatic carbocycles. The minimum absolute atomic E-state index is 0.0209. The molecule has 140 valence electrons. The molecule has 0 saturated heterocycles. The van der Waals surface area contributed by atoms with E-state index in [1.807, 2.05) is 17.5 Å². The summed E-state index contributed by atoms with van der Waals surface area (Å²) in [5.41, 5.74) is 0.238. The first-order chi connectivity index (χ1) is 12.4. The van der Waals surface area contributed by atoms with Crippen molar-refractivity contribution >= 4 is 33.2 Å². The number of amides is 1. The highest BCUT2D eigenvalue weighted by molar-refractivity contribution is 7.89. The van der Waals surface area contributed by atoms with E-state index in [-0.39, 0.29) is 23.4 Å². The predicted octanol–water partition coefficient (Wildman–Crippen LogP) is 2.21. The molecule has 0 aliphatic carbocycles. The van der Waals surface area contributed by atoms with Crippen molar-refractivity contribution < 1.29 is 23.1 Å². The summed E-state index contributed by atoms with van der Waals surface area (Å²) < 4.78 is 27.3. The lowest BCUT2D eigenvalue weighted by Gasteiger charge is -2.08. The number of carboxylic acid groups (broad SMARTS) is 1. The highest BCUT2D eigenvalue weighted by Crippen LogP contribution is 2.14. The zero-order valence-electron chi connectivity index (χ0n) is 14.0. The first-order valence-electron chi connectivity index (χ1n) is 8.00. The van der Waals surface area contributed by atoms with Crippen LogP contribution in [-0.2, 0) is 21.4 Å². The number of thiophene rings is 1. The molecule has 0 atom stereocenters. The fourth-order valence-electron chi connectivity index (χ4n) is 2.17. The van der Waals surface area contributed by atoms with Crippen LogP contribution in [0, 0.1) is 0 Å². The smallest absolute Gasteiger partial charge is 0.303 e. The van der Waals surface area contributed by atoms with Crippen LogP contribution in [0.4, 0.5) is 0 Å². The highest BCUT2D eigenvalue weighted by atomic mass is 32.2. The van der Waals surface area contributed by atoms with Crippen LogP contribution in [0.3, 0.4) is 0 Å². The molecule has 7 nitrogen and oxygen atoms in total. The average molecular weight is 396 g/mol. The number of benzene rings is 1. The Morgan fingerprint density at radius 1 is 1.12 bits per heavy atom. The van der Waals surface area contributed by atoms with Gasteiger partial charge in [-0.1, -0.05) is 12.1 Å². The second-order valence-electron chi connectivity index (χ2n) is 5.54. The zero-order chi connectivity index (χ0) is 19.0. The van der Waals surface area contributed by atoms with Gasteiger partial charge in [-0.25, -0.2) is 13.1 Å². The van der Waals surface area contributed by atoms with Gasteiger partial charge in [0.15, 0.2) is 0 Å². The summed E-state index contributed by atoms with van der Waals surface area (Å²) in [7, 11) is -3.72. The van der Waals surface area contributed by atoms with Crippen molar-refractivity contribution in [3.8, 4) is 0 Å². The van der Waals surface area contributed by atoms with Crippen molar-refractivity contribution in [1.29, 1.82) is 0 Å². The number of aliphatic carboxylic acids is 1. The second-order valence-corrected chi connectivity index (χ2v) is 8.34. The summed E-state index contributed by atoms with van der Waals surface area (Å²) >= 11 is 1.45. The maximum atomic E-state index is 12.4. The minimum atomic E-state index is -3.72. The minimum Gasteiger partial charge on any atom is -0.481 e. The third-order valence-electron chi connectivity index (χ3n) is 3.53. The first kappa shape index (κ1) is 20.1. The molecule has 1 heterocycles. The highest BCUT2D eigenvalue weighted by Gasteiger charge is 2.16. The molecule has 2 rings (SSSR count). The van der Waals surface area contributed by atoms with Crippen LogP contribution < -0.4 is 10.0 Å². The lowest BCUT2D eigenvalue weighted by Crippen LogP contribution is -2.26. The Morgan fingerprint density at radius 3 is 2.62 bits per heavy atom. The van der Waals surface area contributed by atoms with Crippen LogP contribution in [0.15, 0.2) is 46.7 Å². The molecule has 0 spiro atoms. The molecule has 2 aromatic rings. The number of unbranched alkanes of at least 4 members (excludes halogenated alkanes) is 1. The molecule has 0 bridgehead atoms. The van der Waals surface area contributed by atoms with Crippen LogP contribution in [-0.4, -0.2) is 31.9 Å². The van der Waals surface area contributed by atoms with Crippen LogP contribution in [0.25, 0.3) is 0 Å². The standard InChI is InChI=1S/C17H20N2O5S2/c20-16(21)8-1-2-9-18-17(22)13-5-3-7-15(11-13)26(23,24)19-12-14-6-4-10-25-14/h3-7,10-11,19H,1-2,8-9,12H2,(H,18,22)(H,20,21). The van der Waals surface area contributed by atoms with E-state index in [1.54, 1.807) is 0 Å². The normalized spacial score (nSPS) is 11.2. The largest absolute Gasteiger partial charge is 0.481 e. The Kier molecular flexibility index (Phi) is 7.31. The zero-order valence-corrected chi connectivity index (χ0v) is 15.6. The Morgan fingerprint density at radius 2 is 1.92 bits per heavy atom. The van der Waals surface area contributed by atoms with Gasteiger partial charge in [0.05, 0.1) is 4.90 Å². The fourth-order valence-corrected chi connectivity index (χ4v) is 3.96. The van der Waals surface area contributed by atoms with Crippen LogP contribution in [0.1, 0.15) is 34.5 Å². The molecule has 26 heavy (non-hydrogen) atoms. The quantitative estimate of drug-likeness (QED) is 0.533. The summed E-state index contributed by atoms with van der Waals surface area (Å²) in [5.74, 6) is -1.26. The fraction of sp³-hybridized carbons (Fsp3) is 0.294. The third-order valence-corrected chi connectivity index (χ3v) is 5.80. The second kappa shape index (κ2) is 9.46. The van der Waals surface area contributed by atoms with E-state index in [4.69, 9.17) is 5.11 Å². The van der Waals surface area contributed by atoms with Crippen LogP contribution >= 0.6 is 11.3 Å². The number of nitrogens with one attached hydrogen (secondary N) is 2. The van der Waals surface area contributed by atoms with Crippen molar-refractivity contribution in [3.63, 3.8) is 0 Å². The number of carboxylic acids is 1. The monoisotopic (exact) mass is 396 g/mol. The summed E-state index contributed by atoms with van der Waals surface area (Å²) in [5, 5.41) is 13.1. The van der Waals surface area contributed by atoms with E-state index in [0.717, 1.165) is 4.88 Å². The van der Waals surface area contributed by atoms with Crippen LogP contribution in [0.5, 0.6) is 0 Å². The van der Waals surface area contributed by atoms with Gasteiger partial charge in [-0.2, -0.15) is 0 Å². The van der Waals surface area contributed by atoms with Gasteiger partial charge in [0, 0.05) is 30.0 Å². The van der Waals surface area contributed by atoms with E-state index in [1.165, 1.54) is 35.6 Å². The molecular weight excluding hydrogens is 376 g/mol. The summed E-state index contributed by atoms with van der Waals surface area (Å²) in [6.45, 7) is 0.528. The molecule has 0 fully saturated rings. The Hall–Kier alpha value is -2.23. The van der Waals surface area contributed by atoms with Gasteiger partial charge in [-0.15, -0.1) is 11.3 Å². The van der Waals surface area contributed by atoms with Gasteiger partial charge in [0.1, 0.15) is 0 Å². The number of rotatable bonds is 10. The Bertz CT molecular complexity index is 848. The van der Waals surface area contributed by atoms with E-state index in [9.17, 15) is 18.0 Å². The molecular formula is C17H20N2O5S2. The van der Waals surface area contributed by atoms with E-state index in [0.29, 0.717) is 19.4 Å². The predicted molar refractivity (Wildman–Crippen MR) is 98.6 cm³/mol. The van der Waals surface area contributed by atoms with Gasteiger partial charge in [0.2, 0.25) is 10.0 Å². The Labute approximate surface area is 156 Å². The molecule has 9 heteroatoms. The number of carbonyl (C=O) groups is 2. The van der Waals surface area contributed by atoms with Crippen molar-refractivity contribution in [1.82, 2.24) is 10.0 Å². The maximum absolute atomic E-state index is 12.4. The lowest BCUT2D eigenvalue weighted by molar-refractivity contribution is -0.137. The van der Waals surface area contributed by atoms with Crippen LogP contribution in [0.2, 0.25) is 0 Å². The van der Waals surface area contributed by atoms with Gasteiger partial charge in [-0.3, -0.25) is 9.59 Å². The molecule has 1 aromatic heterocycles. The summed E-state index contributed by atoms with van der Waals surface area (Å²) in [6, 6.07) is 9.48. The van der Waals surface area contributed by atoms with Gasteiger partial charge < -0.3 is 10.4 Å². The Balaban J connectivity index is 1.93. The molecule has 0 unspecified atom stereocenters. The SMILES string of the molecule is O=C(O)CCCCNC(=O)c1cccc(S(=O)(=O)NCc2cccs2)c1. The van der Waals surface area contributed by atoms with Gasteiger partial charge >= 0.3 is 5.97 Å². The van der Waals surface area contributed by atoms with Crippen molar-refractivity contribution in [2.75, 3.05) is 6.54 Å². The summed E-state index contributed by atoms with van der Waals surface area (Å²) in [4.78, 5) is 23.5. The van der Waals surface area contributed by atoms with Gasteiger partial charge in [-0.05, 0) is 42.5 Å². The van der Waals surface area contributed by atoms with E-state index < -0.39 is 21.9 Å².